The average Bonchev–Trinajstić information content (AvgIpc) is 1.98. The van der Waals surface area contributed by atoms with Crippen molar-refractivity contribution in [3.8, 4) is 0 Å². The molecule has 0 bridgehead atoms. The van der Waals surface area contributed by atoms with Gasteiger partial charge in [-0.25, -0.2) is 0 Å². The van der Waals surface area contributed by atoms with E-state index in [1.807, 2.05) is 12.2 Å². The molecule has 1 unspecified atom stereocenters. The van der Waals surface area contributed by atoms with E-state index in [4.69, 9.17) is 0 Å². The Morgan fingerprint density at radius 3 is 2.50 bits per heavy atom. The van der Waals surface area contributed by atoms with Crippen molar-refractivity contribution in [2.75, 3.05) is 0 Å². The van der Waals surface area contributed by atoms with Crippen molar-refractivity contribution in [2.24, 2.45) is 5.92 Å². The summed E-state index contributed by atoms with van der Waals surface area (Å²) in [7, 11) is 0. The van der Waals surface area contributed by atoms with Gasteiger partial charge in [-0.15, -0.1) is 13.2 Å². The number of rotatable bonds is 6. The molecule has 0 aromatic rings. The topological polar surface area (TPSA) is 0 Å². The molecule has 57 valence electrons. The van der Waals surface area contributed by atoms with E-state index >= 15 is 0 Å². The lowest BCUT2D eigenvalue weighted by molar-refractivity contribution is 0.642. The van der Waals surface area contributed by atoms with Crippen molar-refractivity contribution in [3.05, 3.63) is 31.7 Å². The summed E-state index contributed by atoms with van der Waals surface area (Å²) in [6, 6.07) is 0. The molecular formula is C10H17. The lowest BCUT2D eigenvalue weighted by Gasteiger charge is -2.07. The quantitative estimate of drug-likeness (QED) is 0.492. The fourth-order valence-corrected chi connectivity index (χ4v) is 0.936. The first kappa shape index (κ1) is 9.48. The normalized spacial score (nSPS) is 12.5. The van der Waals surface area contributed by atoms with E-state index in [0.717, 1.165) is 6.42 Å². The lowest BCUT2D eigenvalue weighted by atomic mass is 9.98. The van der Waals surface area contributed by atoms with Crippen molar-refractivity contribution < 1.29 is 0 Å². The first-order valence-electron chi connectivity index (χ1n) is 3.92. The Morgan fingerprint density at radius 2 is 2.10 bits per heavy atom. The zero-order chi connectivity index (χ0) is 7.82. The molecule has 0 aromatic heterocycles. The van der Waals surface area contributed by atoms with Crippen LogP contribution in [-0.2, 0) is 0 Å². The maximum Gasteiger partial charge on any atom is -0.0202 e. The molecule has 10 heavy (non-hydrogen) atoms. The summed E-state index contributed by atoms with van der Waals surface area (Å²) in [6.07, 6.45) is 9.63. The third-order valence-electron chi connectivity index (χ3n) is 1.53. The largest absolute Gasteiger partial charge is 0.103 e. The Morgan fingerprint density at radius 1 is 1.40 bits per heavy atom. The van der Waals surface area contributed by atoms with Gasteiger partial charge in [0.25, 0.3) is 0 Å². The molecule has 0 aliphatic rings. The SMILES string of the molecule is C=CC[CH]C(C=C)CCC. The average molecular weight is 137 g/mol. The number of hydrogen-bond donors (Lipinski definition) is 0. The minimum absolute atomic E-state index is 0.586. The molecule has 0 saturated carbocycles. The number of allylic oxidation sites excluding steroid dienone is 2. The van der Waals surface area contributed by atoms with E-state index in [1.54, 1.807) is 0 Å². The summed E-state index contributed by atoms with van der Waals surface area (Å²) < 4.78 is 0. The Labute approximate surface area is 64.6 Å². The van der Waals surface area contributed by atoms with Crippen LogP contribution in [0.15, 0.2) is 25.3 Å². The van der Waals surface area contributed by atoms with Gasteiger partial charge < -0.3 is 0 Å². The lowest BCUT2D eigenvalue weighted by Crippen LogP contribution is -1.94. The molecule has 0 heteroatoms. The van der Waals surface area contributed by atoms with Crippen LogP contribution in [-0.4, -0.2) is 0 Å². The fourth-order valence-electron chi connectivity index (χ4n) is 0.936. The van der Waals surface area contributed by atoms with Gasteiger partial charge in [-0.2, -0.15) is 0 Å². The van der Waals surface area contributed by atoms with Crippen molar-refractivity contribution in [3.63, 3.8) is 0 Å². The molecule has 0 aromatic carbocycles. The van der Waals surface area contributed by atoms with Crippen LogP contribution in [0.5, 0.6) is 0 Å². The van der Waals surface area contributed by atoms with Gasteiger partial charge in [0, 0.05) is 0 Å². The van der Waals surface area contributed by atoms with Gasteiger partial charge in [0.15, 0.2) is 0 Å². The van der Waals surface area contributed by atoms with Crippen LogP contribution in [0.3, 0.4) is 0 Å². The van der Waals surface area contributed by atoms with E-state index < -0.39 is 0 Å². The molecule has 0 aliphatic heterocycles. The van der Waals surface area contributed by atoms with Crippen LogP contribution in [0.25, 0.3) is 0 Å². The molecular weight excluding hydrogens is 120 g/mol. The smallest absolute Gasteiger partial charge is 0.0202 e. The van der Waals surface area contributed by atoms with E-state index in [0.29, 0.717) is 5.92 Å². The standard InChI is InChI=1S/C10H17/c1-4-7-9-10(6-3)8-5-2/h4,6,9-10H,1,3,5,7-8H2,2H3. The third kappa shape index (κ3) is 4.37. The molecule has 0 heterocycles. The zero-order valence-corrected chi connectivity index (χ0v) is 6.84. The Bertz CT molecular complexity index is 92.2. The van der Waals surface area contributed by atoms with Gasteiger partial charge in [-0.3, -0.25) is 0 Å². The summed E-state index contributed by atoms with van der Waals surface area (Å²) in [5.74, 6) is 0.586. The predicted molar refractivity (Wildman–Crippen MR) is 47.7 cm³/mol. The first-order valence-corrected chi connectivity index (χ1v) is 3.92. The summed E-state index contributed by atoms with van der Waals surface area (Å²) in [5, 5.41) is 0. The molecule has 1 atom stereocenters. The molecule has 0 nitrogen and oxygen atoms in total. The summed E-state index contributed by atoms with van der Waals surface area (Å²) in [5.41, 5.74) is 0. The molecule has 0 aliphatic carbocycles. The second kappa shape index (κ2) is 6.60. The minimum Gasteiger partial charge on any atom is -0.103 e. The molecule has 0 spiro atoms. The Hall–Kier alpha value is -0.520. The predicted octanol–water partition coefficient (Wildman–Crippen LogP) is 3.37. The molecule has 0 N–H and O–H groups in total. The molecule has 0 rings (SSSR count). The summed E-state index contributed by atoms with van der Waals surface area (Å²) >= 11 is 0. The van der Waals surface area contributed by atoms with Gasteiger partial charge in [0.1, 0.15) is 0 Å². The molecule has 0 fully saturated rings. The minimum atomic E-state index is 0.586. The second-order valence-electron chi connectivity index (χ2n) is 2.45. The van der Waals surface area contributed by atoms with Crippen LogP contribution in [0.4, 0.5) is 0 Å². The highest BCUT2D eigenvalue weighted by atomic mass is 14.0. The fraction of sp³-hybridized carbons (Fsp3) is 0.500. The van der Waals surface area contributed by atoms with E-state index in [-0.39, 0.29) is 0 Å². The highest BCUT2D eigenvalue weighted by Crippen LogP contribution is 2.12. The van der Waals surface area contributed by atoms with Gasteiger partial charge in [0.2, 0.25) is 0 Å². The van der Waals surface area contributed by atoms with Crippen LogP contribution in [0.1, 0.15) is 26.2 Å². The Kier molecular flexibility index (Phi) is 6.25. The first-order chi connectivity index (χ1) is 4.85. The Balaban J connectivity index is 3.38. The molecule has 0 saturated heterocycles. The van der Waals surface area contributed by atoms with E-state index in [1.165, 1.54) is 12.8 Å². The van der Waals surface area contributed by atoms with E-state index in [2.05, 4.69) is 26.5 Å². The maximum atomic E-state index is 3.77. The monoisotopic (exact) mass is 137 g/mol. The van der Waals surface area contributed by atoms with Crippen LogP contribution in [0, 0.1) is 12.3 Å². The van der Waals surface area contributed by atoms with Gasteiger partial charge in [0.05, 0.1) is 0 Å². The summed E-state index contributed by atoms with van der Waals surface area (Å²) in [4.78, 5) is 0. The van der Waals surface area contributed by atoms with Crippen molar-refractivity contribution in [2.45, 2.75) is 26.2 Å². The van der Waals surface area contributed by atoms with Gasteiger partial charge >= 0.3 is 0 Å². The van der Waals surface area contributed by atoms with Crippen LogP contribution >= 0.6 is 0 Å². The van der Waals surface area contributed by atoms with Crippen molar-refractivity contribution in [1.29, 1.82) is 0 Å². The maximum absolute atomic E-state index is 3.77. The molecule has 1 radical (unpaired) electrons. The van der Waals surface area contributed by atoms with Crippen molar-refractivity contribution in [1.82, 2.24) is 0 Å². The highest BCUT2D eigenvalue weighted by molar-refractivity contribution is 4.92. The van der Waals surface area contributed by atoms with Crippen LogP contribution in [0.2, 0.25) is 0 Å². The van der Waals surface area contributed by atoms with Crippen molar-refractivity contribution >= 4 is 0 Å². The molecule has 0 amide bonds. The van der Waals surface area contributed by atoms with Crippen LogP contribution < -0.4 is 0 Å². The highest BCUT2D eigenvalue weighted by Gasteiger charge is 1.99. The summed E-state index contributed by atoms with van der Waals surface area (Å²) in [6.45, 7) is 9.62. The van der Waals surface area contributed by atoms with Gasteiger partial charge in [-0.1, -0.05) is 25.5 Å². The van der Waals surface area contributed by atoms with Gasteiger partial charge in [-0.05, 0) is 25.2 Å². The number of hydrogen-bond acceptors (Lipinski definition) is 0. The second-order valence-corrected chi connectivity index (χ2v) is 2.45. The third-order valence-corrected chi connectivity index (χ3v) is 1.53. The zero-order valence-electron chi connectivity index (χ0n) is 6.84. The van der Waals surface area contributed by atoms with E-state index in [9.17, 15) is 0 Å².